The molecule has 2 aliphatic heterocycles. The van der Waals surface area contributed by atoms with Crippen LogP contribution in [0.4, 0.5) is 24.5 Å². The van der Waals surface area contributed by atoms with Gasteiger partial charge in [0.2, 0.25) is 12.1 Å². The van der Waals surface area contributed by atoms with Gasteiger partial charge in [-0.15, -0.1) is 0 Å². The van der Waals surface area contributed by atoms with Gasteiger partial charge in [0.15, 0.2) is 11.6 Å². The fraction of sp³-hybridized carbons (Fsp3) is 0.364. The summed E-state index contributed by atoms with van der Waals surface area (Å²) in [6.45, 7) is 6.66. The number of rotatable bonds is 6. The Morgan fingerprint density at radius 3 is 2.23 bits per heavy atom. The molecule has 226 valence electrons. The van der Waals surface area contributed by atoms with Crippen LogP contribution in [0.25, 0.3) is 0 Å². The van der Waals surface area contributed by atoms with Gasteiger partial charge in [0.1, 0.15) is 5.82 Å². The van der Waals surface area contributed by atoms with Gasteiger partial charge in [-0.3, -0.25) is 14.6 Å². The lowest BCUT2D eigenvalue weighted by molar-refractivity contribution is -0.130. The Balaban J connectivity index is 1.41. The lowest BCUT2D eigenvalue weighted by Gasteiger charge is -2.44. The zero-order chi connectivity index (χ0) is 31.0. The molecule has 0 spiro atoms. The molecule has 0 aliphatic carbocycles. The summed E-state index contributed by atoms with van der Waals surface area (Å²) in [6.07, 6.45) is 0.686. The highest BCUT2D eigenvalue weighted by atomic mass is 19.2. The zero-order valence-electron chi connectivity index (χ0n) is 24.5. The van der Waals surface area contributed by atoms with Crippen LogP contribution in [0.2, 0.25) is 0 Å². The van der Waals surface area contributed by atoms with Crippen LogP contribution in [-0.4, -0.2) is 48.4 Å². The lowest BCUT2D eigenvalue weighted by atomic mass is 9.88. The predicted molar refractivity (Wildman–Crippen MR) is 160 cm³/mol. The molecule has 5 atom stereocenters. The van der Waals surface area contributed by atoms with E-state index in [0.717, 1.165) is 48.9 Å². The number of likely N-dealkylation sites (N-methyl/N-ethyl adjacent to an activating group) is 1. The summed E-state index contributed by atoms with van der Waals surface area (Å²) in [7, 11) is 1.61. The van der Waals surface area contributed by atoms with E-state index in [4.69, 9.17) is 0 Å². The predicted octanol–water partition coefficient (Wildman–Crippen LogP) is 5.47. The maximum absolute atomic E-state index is 14.0. The van der Waals surface area contributed by atoms with Gasteiger partial charge in [-0.25, -0.2) is 13.2 Å². The normalized spacial score (nSPS) is 23.4. The first-order valence-corrected chi connectivity index (χ1v) is 14.4. The lowest BCUT2D eigenvalue weighted by Crippen LogP contribution is -2.48. The number of hydrogen-bond donors (Lipinski definition) is 2. The molecule has 2 heterocycles. The second-order valence-corrected chi connectivity index (χ2v) is 11.7. The summed E-state index contributed by atoms with van der Waals surface area (Å²) in [4.78, 5) is 35.4. The molecule has 0 bridgehead atoms. The number of anilines is 2. The van der Waals surface area contributed by atoms with E-state index in [2.05, 4.69) is 36.0 Å². The van der Waals surface area contributed by atoms with E-state index in [-0.39, 0.29) is 11.1 Å². The standard InChI is InChI=1S/C33H35F3N4O3/c1-18-13-19(2)40(20(3)14-18)25-11-7-23-17-37-31(33(43)39(4)28(23)16-25)38-32(42)29(21-5-9-24(34)10-6-21)30(41)22-8-12-26(35)27(36)15-22/h5-12,15-20,29-31,41H,13-14H2,1-4H3,(H,38,42)/t18?,19?,20?,29-,30+,31?/m1/s1. The zero-order valence-corrected chi connectivity index (χ0v) is 24.5. The minimum Gasteiger partial charge on any atom is -0.387 e. The molecular formula is C33H35F3N4O3. The molecule has 1 fully saturated rings. The molecule has 10 heteroatoms. The van der Waals surface area contributed by atoms with Crippen LogP contribution in [0.1, 0.15) is 62.3 Å². The summed E-state index contributed by atoms with van der Waals surface area (Å²) in [5.41, 5.74) is 2.47. The van der Waals surface area contributed by atoms with Crippen molar-refractivity contribution >= 4 is 29.4 Å². The van der Waals surface area contributed by atoms with E-state index in [0.29, 0.717) is 29.3 Å². The third-order valence-corrected chi connectivity index (χ3v) is 8.43. The van der Waals surface area contributed by atoms with Crippen molar-refractivity contribution in [1.82, 2.24) is 5.32 Å². The molecule has 7 nitrogen and oxygen atoms in total. The van der Waals surface area contributed by atoms with E-state index in [1.54, 1.807) is 7.05 Å². The van der Waals surface area contributed by atoms with Gasteiger partial charge >= 0.3 is 0 Å². The molecule has 5 rings (SSSR count). The van der Waals surface area contributed by atoms with E-state index in [1.807, 2.05) is 18.2 Å². The van der Waals surface area contributed by atoms with E-state index in [1.165, 1.54) is 23.2 Å². The third kappa shape index (κ3) is 6.15. The maximum atomic E-state index is 14.0. The van der Waals surface area contributed by atoms with Crippen molar-refractivity contribution in [3.63, 3.8) is 0 Å². The number of fused-ring (bicyclic) bond motifs is 1. The van der Waals surface area contributed by atoms with Gasteiger partial charge in [-0.05, 0) is 86.2 Å². The molecule has 0 saturated carbocycles. The van der Waals surface area contributed by atoms with Crippen molar-refractivity contribution in [2.45, 2.75) is 63.9 Å². The molecule has 43 heavy (non-hydrogen) atoms. The summed E-state index contributed by atoms with van der Waals surface area (Å²) in [5, 5.41) is 13.8. The minimum atomic E-state index is -1.64. The van der Waals surface area contributed by atoms with Gasteiger partial charge in [-0.2, -0.15) is 0 Å². The molecule has 0 aromatic heterocycles. The smallest absolute Gasteiger partial charge is 0.272 e. The number of piperidine rings is 1. The quantitative estimate of drug-likeness (QED) is 0.398. The molecule has 1 saturated heterocycles. The topological polar surface area (TPSA) is 85.2 Å². The van der Waals surface area contributed by atoms with Crippen LogP contribution < -0.4 is 15.1 Å². The first-order chi connectivity index (χ1) is 20.4. The van der Waals surface area contributed by atoms with E-state index < -0.39 is 47.5 Å². The number of halogens is 3. The SMILES string of the molecule is CC1CC(C)N(c2ccc3c(c2)N(C)C(=O)C(NC(=O)[C@H](c2ccc(F)cc2)[C@@H](O)c2ccc(F)c(F)c2)N=C3)C(C)C1. The van der Waals surface area contributed by atoms with E-state index in [9.17, 15) is 27.9 Å². The average Bonchev–Trinajstić information content (AvgIpc) is 3.07. The first kappa shape index (κ1) is 30.3. The number of benzodiazepines with no additional fused rings is 1. The Labute approximate surface area is 249 Å². The fourth-order valence-electron chi connectivity index (χ4n) is 6.40. The molecule has 2 aliphatic rings. The Bertz CT molecular complexity index is 1530. The maximum Gasteiger partial charge on any atom is 0.272 e. The first-order valence-electron chi connectivity index (χ1n) is 14.4. The second-order valence-electron chi connectivity index (χ2n) is 11.7. The van der Waals surface area contributed by atoms with Crippen LogP contribution in [0.15, 0.2) is 65.7 Å². The van der Waals surface area contributed by atoms with Crippen LogP contribution in [0.3, 0.4) is 0 Å². The van der Waals surface area contributed by atoms with Crippen molar-refractivity contribution in [1.29, 1.82) is 0 Å². The largest absolute Gasteiger partial charge is 0.387 e. The Morgan fingerprint density at radius 1 is 0.930 bits per heavy atom. The molecular weight excluding hydrogens is 557 g/mol. The average molecular weight is 593 g/mol. The molecule has 2 N–H and O–H groups in total. The number of nitrogens with one attached hydrogen (secondary N) is 1. The number of hydrogen-bond acceptors (Lipinski definition) is 5. The molecule has 3 aromatic rings. The summed E-state index contributed by atoms with van der Waals surface area (Å²) in [5.74, 6) is -4.93. The molecule has 3 aromatic carbocycles. The summed E-state index contributed by atoms with van der Waals surface area (Å²) >= 11 is 0. The van der Waals surface area contributed by atoms with Crippen LogP contribution in [-0.2, 0) is 9.59 Å². The number of aliphatic imine (C=N–C) groups is 1. The number of nitrogens with zero attached hydrogens (tertiary/aromatic N) is 3. The highest BCUT2D eigenvalue weighted by molar-refractivity contribution is 6.06. The molecule has 2 amide bonds. The number of aliphatic hydroxyl groups excluding tert-OH is 1. The number of aliphatic hydroxyl groups is 1. The Morgan fingerprint density at radius 2 is 1.58 bits per heavy atom. The minimum absolute atomic E-state index is 0.0633. The monoisotopic (exact) mass is 592 g/mol. The highest BCUT2D eigenvalue weighted by Gasteiger charge is 2.36. The number of amides is 2. The summed E-state index contributed by atoms with van der Waals surface area (Å²) in [6, 6.07) is 14.2. The van der Waals surface area contributed by atoms with Crippen LogP contribution >= 0.6 is 0 Å². The van der Waals surface area contributed by atoms with Gasteiger partial charge in [-0.1, -0.05) is 25.1 Å². The van der Waals surface area contributed by atoms with Crippen LogP contribution in [0, 0.1) is 23.4 Å². The number of carbonyl (C=O) groups excluding carboxylic acids is 2. The summed E-state index contributed by atoms with van der Waals surface area (Å²) < 4.78 is 41.3. The van der Waals surface area contributed by atoms with Gasteiger partial charge in [0, 0.05) is 36.6 Å². The number of carbonyl (C=O) groups is 2. The van der Waals surface area contributed by atoms with Crippen molar-refractivity contribution in [2.24, 2.45) is 10.9 Å². The van der Waals surface area contributed by atoms with E-state index >= 15 is 0 Å². The number of benzene rings is 3. The molecule has 0 radical (unpaired) electrons. The highest BCUT2D eigenvalue weighted by Crippen LogP contribution is 2.36. The third-order valence-electron chi connectivity index (χ3n) is 8.43. The van der Waals surface area contributed by atoms with Crippen molar-refractivity contribution in [2.75, 3.05) is 16.8 Å². The Kier molecular flexibility index (Phi) is 8.59. The van der Waals surface area contributed by atoms with Crippen molar-refractivity contribution in [3.05, 3.63) is 94.8 Å². The molecule has 3 unspecified atom stereocenters. The Hall–Kier alpha value is -4.18. The van der Waals surface area contributed by atoms with Crippen LogP contribution in [0.5, 0.6) is 0 Å². The van der Waals surface area contributed by atoms with Gasteiger partial charge < -0.3 is 20.2 Å². The van der Waals surface area contributed by atoms with Crippen molar-refractivity contribution in [3.8, 4) is 0 Å². The van der Waals surface area contributed by atoms with Gasteiger partial charge in [0.05, 0.1) is 17.7 Å². The second kappa shape index (κ2) is 12.2. The van der Waals surface area contributed by atoms with Gasteiger partial charge in [0.25, 0.3) is 5.91 Å². The fourth-order valence-corrected chi connectivity index (χ4v) is 6.40. The van der Waals surface area contributed by atoms with Crippen molar-refractivity contribution < 1.29 is 27.9 Å².